The Morgan fingerprint density at radius 1 is 1.20 bits per heavy atom. The van der Waals surface area contributed by atoms with Crippen LogP contribution in [0.25, 0.3) is 0 Å². The van der Waals surface area contributed by atoms with Crippen LogP contribution in [0.3, 0.4) is 0 Å². The summed E-state index contributed by atoms with van der Waals surface area (Å²) in [6.07, 6.45) is 2.15. The van der Waals surface area contributed by atoms with E-state index in [0.29, 0.717) is 0 Å². The quantitative estimate of drug-likeness (QED) is 0.718. The normalized spacial score (nSPS) is 10.1. The Bertz CT molecular complexity index is 317. The number of anilines is 1. The molecule has 0 aliphatic carbocycles. The zero-order valence-electron chi connectivity index (χ0n) is 10.1. The first-order valence-electron chi connectivity index (χ1n) is 5.68. The van der Waals surface area contributed by atoms with Crippen LogP contribution in [0.4, 0.5) is 5.69 Å². The molecule has 0 saturated heterocycles. The lowest BCUT2D eigenvalue weighted by molar-refractivity contribution is 1.07. The Balaban J connectivity index is 2.94. The Hall–Kier alpha value is -1.24. The fourth-order valence-electron chi connectivity index (χ4n) is 1.71. The molecule has 0 atom stereocenters. The molecule has 82 valence electrons. The summed E-state index contributed by atoms with van der Waals surface area (Å²) >= 11 is 0. The highest BCUT2D eigenvalue weighted by molar-refractivity contribution is 5.58. The van der Waals surface area contributed by atoms with E-state index in [4.69, 9.17) is 0 Å². The second kappa shape index (κ2) is 5.59. The van der Waals surface area contributed by atoms with E-state index in [-0.39, 0.29) is 0 Å². The van der Waals surface area contributed by atoms with Crippen LogP contribution in [0.5, 0.6) is 0 Å². The van der Waals surface area contributed by atoms with Crippen molar-refractivity contribution in [3.63, 3.8) is 0 Å². The summed E-state index contributed by atoms with van der Waals surface area (Å²) in [5.41, 5.74) is 5.28. The molecule has 0 bridgehead atoms. The van der Waals surface area contributed by atoms with Gasteiger partial charge in [-0.25, -0.2) is 0 Å². The van der Waals surface area contributed by atoms with E-state index in [1.54, 1.807) is 0 Å². The van der Waals surface area contributed by atoms with Gasteiger partial charge in [0.15, 0.2) is 0 Å². The zero-order chi connectivity index (χ0) is 11.3. The Labute approximate surface area is 93.2 Å². The Morgan fingerprint density at radius 3 is 2.13 bits per heavy atom. The van der Waals surface area contributed by atoms with Gasteiger partial charge in [0.25, 0.3) is 0 Å². The van der Waals surface area contributed by atoms with E-state index in [1.165, 1.54) is 22.4 Å². The second-order valence-electron chi connectivity index (χ2n) is 3.97. The van der Waals surface area contributed by atoms with E-state index in [0.717, 1.165) is 19.4 Å². The lowest BCUT2D eigenvalue weighted by Gasteiger charge is -2.15. The van der Waals surface area contributed by atoms with Crippen molar-refractivity contribution in [2.24, 2.45) is 0 Å². The van der Waals surface area contributed by atoms with Crippen LogP contribution in [-0.2, 0) is 12.8 Å². The van der Waals surface area contributed by atoms with Crippen molar-refractivity contribution in [1.29, 1.82) is 0 Å². The van der Waals surface area contributed by atoms with Gasteiger partial charge in [0.2, 0.25) is 0 Å². The molecule has 1 nitrogen and oxygen atoms in total. The molecular weight excluding hydrogens is 182 g/mol. The van der Waals surface area contributed by atoms with Gasteiger partial charge >= 0.3 is 0 Å². The molecule has 0 aliphatic heterocycles. The molecule has 0 saturated carbocycles. The van der Waals surface area contributed by atoms with Crippen molar-refractivity contribution in [3.05, 3.63) is 41.5 Å². The Kier molecular flexibility index (Phi) is 4.41. The number of nitrogens with one attached hydrogen (secondary N) is 1. The maximum absolute atomic E-state index is 3.92. The van der Waals surface area contributed by atoms with Gasteiger partial charge in [-0.15, -0.1) is 0 Å². The second-order valence-corrected chi connectivity index (χ2v) is 3.97. The SMILES string of the molecule is C=C(C)CNc1c(CC)cccc1CC. The summed E-state index contributed by atoms with van der Waals surface area (Å²) in [5, 5.41) is 3.48. The first-order valence-corrected chi connectivity index (χ1v) is 5.68. The fourth-order valence-corrected chi connectivity index (χ4v) is 1.71. The highest BCUT2D eigenvalue weighted by atomic mass is 14.9. The lowest BCUT2D eigenvalue weighted by atomic mass is 10.0. The van der Waals surface area contributed by atoms with Crippen molar-refractivity contribution in [2.75, 3.05) is 11.9 Å². The molecule has 0 spiro atoms. The van der Waals surface area contributed by atoms with Gasteiger partial charge in [-0.1, -0.05) is 44.2 Å². The predicted molar refractivity (Wildman–Crippen MR) is 68.5 cm³/mol. The number of hydrogen-bond acceptors (Lipinski definition) is 1. The maximum Gasteiger partial charge on any atom is 0.0407 e. The van der Waals surface area contributed by atoms with Crippen LogP contribution in [0, 0.1) is 0 Å². The summed E-state index contributed by atoms with van der Waals surface area (Å²) in [6, 6.07) is 6.53. The van der Waals surface area contributed by atoms with Gasteiger partial charge in [-0.05, 0) is 30.9 Å². The van der Waals surface area contributed by atoms with Crippen molar-refractivity contribution < 1.29 is 0 Å². The van der Waals surface area contributed by atoms with Crippen LogP contribution >= 0.6 is 0 Å². The van der Waals surface area contributed by atoms with Crippen molar-refractivity contribution >= 4 is 5.69 Å². The largest absolute Gasteiger partial charge is 0.381 e. The molecule has 0 amide bonds. The number of para-hydroxylation sites is 1. The molecule has 1 aromatic rings. The third-order valence-corrected chi connectivity index (χ3v) is 2.57. The fraction of sp³-hybridized carbons (Fsp3) is 0.429. The lowest BCUT2D eigenvalue weighted by Crippen LogP contribution is -2.07. The standard InChI is InChI=1S/C14H21N/c1-5-12-8-7-9-13(6-2)14(12)15-10-11(3)4/h7-9,15H,3,5-6,10H2,1-2,4H3. The summed E-state index contributed by atoms with van der Waals surface area (Å²) < 4.78 is 0. The Morgan fingerprint density at radius 2 is 1.73 bits per heavy atom. The van der Waals surface area contributed by atoms with Gasteiger partial charge in [0.1, 0.15) is 0 Å². The molecular formula is C14H21N. The summed E-state index contributed by atoms with van der Waals surface area (Å²) in [4.78, 5) is 0. The average molecular weight is 203 g/mol. The number of rotatable bonds is 5. The minimum Gasteiger partial charge on any atom is -0.381 e. The molecule has 1 heteroatoms. The highest BCUT2D eigenvalue weighted by Gasteiger charge is 2.04. The molecule has 0 radical (unpaired) electrons. The van der Waals surface area contributed by atoms with E-state index >= 15 is 0 Å². The van der Waals surface area contributed by atoms with E-state index in [2.05, 4.69) is 43.9 Å². The van der Waals surface area contributed by atoms with Crippen LogP contribution < -0.4 is 5.32 Å². The molecule has 0 fully saturated rings. The van der Waals surface area contributed by atoms with Gasteiger partial charge in [0.05, 0.1) is 0 Å². The van der Waals surface area contributed by atoms with Gasteiger partial charge in [-0.2, -0.15) is 0 Å². The third-order valence-electron chi connectivity index (χ3n) is 2.57. The first kappa shape index (κ1) is 11.8. The molecule has 1 aromatic carbocycles. The average Bonchev–Trinajstić information content (AvgIpc) is 2.25. The minimum atomic E-state index is 0.865. The van der Waals surface area contributed by atoms with Crippen molar-refractivity contribution in [2.45, 2.75) is 33.6 Å². The van der Waals surface area contributed by atoms with E-state index in [1.807, 2.05) is 6.92 Å². The molecule has 1 N–H and O–H groups in total. The molecule has 1 rings (SSSR count). The summed E-state index contributed by atoms with van der Waals surface area (Å²) in [6.45, 7) is 11.2. The zero-order valence-corrected chi connectivity index (χ0v) is 10.1. The van der Waals surface area contributed by atoms with Gasteiger partial charge in [-0.3, -0.25) is 0 Å². The topological polar surface area (TPSA) is 12.0 Å². The molecule has 0 aromatic heterocycles. The van der Waals surface area contributed by atoms with Crippen LogP contribution in [0.2, 0.25) is 0 Å². The van der Waals surface area contributed by atoms with Crippen LogP contribution in [0.1, 0.15) is 31.9 Å². The third kappa shape index (κ3) is 3.12. The highest BCUT2D eigenvalue weighted by Crippen LogP contribution is 2.22. The number of benzene rings is 1. The summed E-state index contributed by atoms with van der Waals surface area (Å²) in [5.74, 6) is 0. The molecule has 15 heavy (non-hydrogen) atoms. The molecule has 0 unspecified atom stereocenters. The first-order chi connectivity index (χ1) is 7.19. The molecule has 0 heterocycles. The van der Waals surface area contributed by atoms with Crippen LogP contribution in [0.15, 0.2) is 30.4 Å². The predicted octanol–water partition coefficient (Wildman–Crippen LogP) is 3.80. The van der Waals surface area contributed by atoms with E-state index < -0.39 is 0 Å². The maximum atomic E-state index is 3.92. The van der Waals surface area contributed by atoms with Crippen molar-refractivity contribution in [3.8, 4) is 0 Å². The van der Waals surface area contributed by atoms with Gasteiger partial charge in [0, 0.05) is 12.2 Å². The van der Waals surface area contributed by atoms with Gasteiger partial charge < -0.3 is 5.32 Å². The minimum absolute atomic E-state index is 0.865. The van der Waals surface area contributed by atoms with E-state index in [9.17, 15) is 0 Å². The summed E-state index contributed by atoms with van der Waals surface area (Å²) in [7, 11) is 0. The molecule has 0 aliphatic rings. The monoisotopic (exact) mass is 203 g/mol. The van der Waals surface area contributed by atoms with Crippen molar-refractivity contribution in [1.82, 2.24) is 0 Å². The smallest absolute Gasteiger partial charge is 0.0407 e. The van der Waals surface area contributed by atoms with Crippen LogP contribution in [-0.4, -0.2) is 6.54 Å². The number of hydrogen-bond donors (Lipinski definition) is 1. The number of aryl methyl sites for hydroxylation is 2.